The zero-order valence-electron chi connectivity index (χ0n) is 9.26. The van der Waals surface area contributed by atoms with E-state index in [9.17, 15) is 4.79 Å². The predicted molar refractivity (Wildman–Crippen MR) is 54.2 cm³/mol. The first-order chi connectivity index (χ1) is 6.41. The highest BCUT2D eigenvalue weighted by molar-refractivity contribution is 5.74. The maximum atomic E-state index is 11.2. The van der Waals surface area contributed by atoms with Crippen molar-refractivity contribution in [2.24, 2.45) is 0 Å². The monoisotopic (exact) mass is 204 g/mol. The van der Waals surface area contributed by atoms with Crippen molar-refractivity contribution in [3.05, 3.63) is 0 Å². The van der Waals surface area contributed by atoms with Gasteiger partial charge in [0.2, 0.25) is 0 Å². The number of aliphatic hydroxyl groups excluding tert-OH is 1. The summed E-state index contributed by atoms with van der Waals surface area (Å²) < 4.78 is 5.13. The van der Waals surface area contributed by atoms with Crippen molar-refractivity contribution in [3.63, 3.8) is 0 Å². The highest BCUT2D eigenvalue weighted by Crippen LogP contribution is 2.04. The molecule has 0 aliphatic carbocycles. The number of carbonyl (C=O) groups excluding carboxylic acids is 1. The molecule has 1 unspecified atom stereocenters. The van der Waals surface area contributed by atoms with Crippen LogP contribution in [0.5, 0.6) is 0 Å². The number of aliphatic hydroxyl groups is 1. The standard InChI is InChI=1S/C9H20N2O3/c1-7(5-12)11-8(13)10-6-9(2,3)14-4/h7,12H,5-6H2,1-4H3,(H2,10,11,13). The number of methoxy groups -OCH3 is 1. The second-order valence-electron chi connectivity index (χ2n) is 3.87. The van der Waals surface area contributed by atoms with E-state index >= 15 is 0 Å². The Kier molecular flexibility index (Phi) is 5.49. The van der Waals surface area contributed by atoms with Gasteiger partial charge in [0.05, 0.1) is 18.2 Å². The first-order valence-corrected chi connectivity index (χ1v) is 4.61. The Morgan fingerprint density at radius 3 is 2.57 bits per heavy atom. The molecule has 0 radical (unpaired) electrons. The lowest BCUT2D eigenvalue weighted by atomic mass is 10.1. The summed E-state index contributed by atoms with van der Waals surface area (Å²) in [5.74, 6) is 0. The Morgan fingerprint density at radius 1 is 1.57 bits per heavy atom. The van der Waals surface area contributed by atoms with E-state index in [1.807, 2.05) is 13.8 Å². The average molecular weight is 204 g/mol. The molecular formula is C9H20N2O3. The maximum Gasteiger partial charge on any atom is 0.315 e. The third-order valence-corrected chi connectivity index (χ3v) is 1.88. The van der Waals surface area contributed by atoms with Gasteiger partial charge in [0.25, 0.3) is 0 Å². The first kappa shape index (κ1) is 13.2. The highest BCUT2D eigenvalue weighted by Gasteiger charge is 2.17. The molecule has 5 heteroatoms. The van der Waals surface area contributed by atoms with Crippen LogP contribution in [0.2, 0.25) is 0 Å². The van der Waals surface area contributed by atoms with E-state index in [1.54, 1.807) is 14.0 Å². The number of amides is 2. The van der Waals surface area contributed by atoms with Gasteiger partial charge in [-0.3, -0.25) is 0 Å². The summed E-state index contributed by atoms with van der Waals surface area (Å²) in [5.41, 5.74) is -0.375. The number of nitrogens with one attached hydrogen (secondary N) is 2. The third kappa shape index (κ3) is 5.77. The minimum atomic E-state index is -0.375. The molecule has 0 aliphatic heterocycles. The molecule has 14 heavy (non-hydrogen) atoms. The Labute approximate surface area is 84.8 Å². The van der Waals surface area contributed by atoms with Gasteiger partial charge >= 0.3 is 6.03 Å². The molecule has 0 aliphatic rings. The minimum Gasteiger partial charge on any atom is -0.394 e. The summed E-state index contributed by atoms with van der Waals surface area (Å²) in [6, 6.07) is -0.530. The molecule has 0 aromatic rings. The lowest BCUT2D eigenvalue weighted by Gasteiger charge is -2.23. The molecule has 3 N–H and O–H groups in total. The van der Waals surface area contributed by atoms with Crippen LogP contribution in [0.15, 0.2) is 0 Å². The van der Waals surface area contributed by atoms with Crippen molar-refractivity contribution in [3.8, 4) is 0 Å². The Hall–Kier alpha value is -0.810. The zero-order valence-corrected chi connectivity index (χ0v) is 9.26. The van der Waals surface area contributed by atoms with Crippen molar-refractivity contribution in [1.29, 1.82) is 0 Å². The van der Waals surface area contributed by atoms with Crippen LogP contribution in [0.4, 0.5) is 4.79 Å². The zero-order chi connectivity index (χ0) is 11.2. The fourth-order valence-corrected chi connectivity index (χ4v) is 0.686. The van der Waals surface area contributed by atoms with Gasteiger partial charge in [-0.1, -0.05) is 0 Å². The van der Waals surface area contributed by atoms with E-state index in [4.69, 9.17) is 9.84 Å². The van der Waals surface area contributed by atoms with Crippen molar-refractivity contribution < 1.29 is 14.6 Å². The molecule has 0 heterocycles. The van der Waals surface area contributed by atoms with Crippen LogP contribution in [0.1, 0.15) is 20.8 Å². The van der Waals surface area contributed by atoms with Crippen LogP contribution in [0.25, 0.3) is 0 Å². The number of ether oxygens (including phenoxy) is 1. The molecule has 0 spiro atoms. The average Bonchev–Trinajstić information content (AvgIpc) is 2.15. The highest BCUT2D eigenvalue weighted by atomic mass is 16.5. The molecule has 0 bridgehead atoms. The second-order valence-corrected chi connectivity index (χ2v) is 3.87. The SMILES string of the molecule is COC(C)(C)CNC(=O)NC(C)CO. The van der Waals surface area contributed by atoms with Crippen LogP contribution in [-0.4, -0.2) is 43.0 Å². The molecule has 0 fully saturated rings. The topological polar surface area (TPSA) is 70.6 Å². The van der Waals surface area contributed by atoms with Crippen LogP contribution in [0.3, 0.4) is 0 Å². The lowest BCUT2D eigenvalue weighted by molar-refractivity contribution is 0.0253. The number of hydrogen-bond donors (Lipinski definition) is 3. The number of rotatable bonds is 5. The largest absolute Gasteiger partial charge is 0.394 e. The molecule has 0 rings (SSSR count). The summed E-state index contributed by atoms with van der Waals surface area (Å²) in [6.07, 6.45) is 0. The van der Waals surface area contributed by atoms with E-state index in [0.29, 0.717) is 6.54 Å². The summed E-state index contributed by atoms with van der Waals surface area (Å²) in [6.45, 7) is 5.83. The molecule has 0 saturated carbocycles. The quantitative estimate of drug-likeness (QED) is 0.594. The molecule has 0 aromatic carbocycles. The molecule has 0 saturated heterocycles. The van der Waals surface area contributed by atoms with E-state index in [0.717, 1.165) is 0 Å². The van der Waals surface area contributed by atoms with Crippen LogP contribution < -0.4 is 10.6 Å². The molecular weight excluding hydrogens is 184 g/mol. The van der Waals surface area contributed by atoms with Crippen molar-refractivity contribution in [2.75, 3.05) is 20.3 Å². The molecule has 2 amide bonds. The van der Waals surface area contributed by atoms with Gasteiger partial charge in [0.15, 0.2) is 0 Å². The fraction of sp³-hybridized carbons (Fsp3) is 0.889. The first-order valence-electron chi connectivity index (χ1n) is 4.61. The predicted octanol–water partition coefficient (Wildman–Crippen LogP) is 0.0914. The smallest absolute Gasteiger partial charge is 0.315 e. The molecule has 1 atom stereocenters. The van der Waals surface area contributed by atoms with Gasteiger partial charge in [-0.05, 0) is 20.8 Å². The number of hydrogen-bond acceptors (Lipinski definition) is 3. The lowest BCUT2D eigenvalue weighted by Crippen LogP contribution is -2.47. The number of carbonyl (C=O) groups is 1. The van der Waals surface area contributed by atoms with Gasteiger partial charge in [0, 0.05) is 13.7 Å². The van der Waals surface area contributed by atoms with Gasteiger partial charge in [-0.25, -0.2) is 4.79 Å². The van der Waals surface area contributed by atoms with Gasteiger partial charge < -0.3 is 20.5 Å². The van der Waals surface area contributed by atoms with Gasteiger partial charge in [-0.2, -0.15) is 0 Å². The van der Waals surface area contributed by atoms with E-state index in [2.05, 4.69) is 10.6 Å². The van der Waals surface area contributed by atoms with E-state index in [1.165, 1.54) is 0 Å². The van der Waals surface area contributed by atoms with E-state index < -0.39 is 0 Å². The van der Waals surface area contributed by atoms with E-state index in [-0.39, 0.29) is 24.3 Å². The normalized spacial score (nSPS) is 13.5. The fourth-order valence-electron chi connectivity index (χ4n) is 0.686. The molecule has 0 aromatic heterocycles. The third-order valence-electron chi connectivity index (χ3n) is 1.88. The summed E-state index contributed by atoms with van der Waals surface area (Å²) in [7, 11) is 1.59. The van der Waals surface area contributed by atoms with Crippen molar-refractivity contribution in [1.82, 2.24) is 10.6 Å². The van der Waals surface area contributed by atoms with Gasteiger partial charge in [0.1, 0.15) is 0 Å². The van der Waals surface area contributed by atoms with Crippen LogP contribution >= 0.6 is 0 Å². The Bertz CT molecular complexity index is 183. The van der Waals surface area contributed by atoms with Crippen molar-refractivity contribution in [2.45, 2.75) is 32.4 Å². The minimum absolute atomic E-state index is 0.0684. The Morgan fingerprint density at radius 2 is 2.14 bits per heavy atom. The van der Waals surface area contributed by atoms with Crippen LogP contribution in [-0.2, 0) is 4.74 Å². The summed E-state index contributed by atoms with van der Waals surface area (Å²) in [5, 5.41) is 13.9. The summed E-state index contributed by atoms with van der Waals surface area (Å²) >= 11 is 0. The number of urea groups is 1. The van der Waals surface area contributed by atoms with Crippen LogP contribution in [0, 0.1) is 0 Å². The maximum absolute atomic E-state index is 11.2. The second kappa shape index (κ2) is 5.82. The summed E-state index contributed by atoms with van der Waals surface area (Å²) in [4.78, 5) is 11.2. The molecule has 5 nitrogen and oxygen atoms in total. The molecule has 84 valence electrons. The van der Waals surface area contributed by atoms with Crippen molar-refractivity contribution >= 4 is 6.03 Å². The Balaban J connectivity index is 3.74. The van der Waals surface area contributed by atoms with Gasteiger partial charge in [-0.15, -0.1) is 0 Å².